The van der Waals surface area contributed by atoms with Crippen LogP contribution in [0.5, 0.6) is 0 Å². The third-order valence-electron chi connectivity index (χ3n) is 8.55. The van der Waals surface area contributed by atoms with Gasteiger partial charge in [-0.05, 0) is 69.7 Å². The highest BCUT2D eigenvalue weighted by molar-refractivity contribution is 7.89. The number of hydrogen-bond acceptors (Lipinski definition) is 7. The minimum absolute atomic E-state index is 0.0132. The minimum atomic E-state index is -3.69. The van der Waals surface area contributed by atoms with E-state index in [4.69, 9.17) is 10.2 Å². The molecule has 11 nitrogen and oxygen atoms in total. The third-order valence-corrected chi connectivity index (χ3v) is 10.0. The fraction of sp³-hybridized carbons (Fsp3) is 0.633. The number of hydrogen-bond donors (Lipinski definition) is 3. The maximum Gasteiger partial charge on any atom is 0.246 e. The van der Waals surface area contributed by atoms with Gasteiger partial charge in [-0.25, -0.2) is 17.8 Å². The van der Waals surface area contributed by atoms with Crippen LogP contribution in [0.25, 0.3) is 5.69 Å². The molecule has 3 N–H and O–H groups in total. The Morgan fingerprint density at radius 2 is 1.81 bits per heavy atom. The van der Waals surface area contributed by atoms with Crippen molar-refractivity contribution in [3.63, 3.8) is 0 Å². The molecule has 0 radical (unpaired) electrons. The molecule has 2 aliphatic heterocycles. The van der Waals surface area contributed by atoms with Crippen molar-refractivity contribution in [3.8, 4) is 5.69 Å². The molecule has 1 unspecified atom stereocenters. The van der Waals surface area contributed by atoms with E-state index in [2.05, 4.69) is 35.7 Å². The van der Waals surface area contributed by atoms with Crippen molar-refractivity contribution in [1.29, 1.82) is 0 Å². The summed E-state index contributed by atoms with van der Waals surface area (Å²) in [6.07, 6.45) is 3.67. The van der Waals surface area contributed by atoms with E-state index in [9.17, 15) is 18.0 Å². The van der Waals surface area contributed by atoms with Crippen LogP contribution in [0.3, 0.4) is 0 Å². The highest BCUT2D eigenvalue weighted by Crippen LogP contribution is 2.35. The highest BCUT2D eigenvalue weighted by Gasteiger charge is 2.53. The van der Waals surface area contributed by atoms with E-state index in [1.807, 2.05) is 23.4 Å². The van der Waals surface area contributed by atoms with Crippen LogP contribution in [0.2, 0.25) is 0 Å². The Balaban J connectivity index is 1.47. The Labute approximate surface area is 249 Å². The van der Waals surface area contributed by atoms with E-state index in [0.29, 0.717) is 51.4 Å². The van der Waals surface area contributed by atoms with Gasteiger partial charge in [0.1, 0.15) is 11.6 Å². The zero-order valence-electron chi connectivity index (χ0n) is 25.5. The van der Waals surface area contributed by atoms with Gasteiger partial charge in [0.05, 0.1) is 22.9 Å². The molecule has 1 aromatic carbocycles. The van der Waals surface area contributed by atoms with Gasteiger partial charge in [-0.1, -0.05) is 27.2 Å². The molecule has 4 rings (SSSR count). The average molecular weight is 603 g/mol. The molecule has 2 aliphatic rings. The van der Waals surface area contributed by atoms with E-state index in [1.165, 1.54) is 12.1 Å². The van der Waals surface area contributed by atoms with Gasteiger partial charge in [0.2, 0.25) is 21.8 Å². The van der Waals surface area contributed by atoms with E-state index >= 15 is 0 Å². The molecule has 0 aliphatic carbocycles. The number of rotatable bonds is 12. The summed E-state index contributed by atoms with van der Waals surface area (Å²) in [5.74, 6) is 0.359. The van der Waals surface area contributed by atoms with Gasteiger partial charge < -0.3 is 15.3 Å². The SMILES string of the molecule is CCCCN1C(=O)C(CC(C)C)NC(=O)C12CCN(Cc1c(C)nn(-c3ccc(S(=O)(=O)NCCO)cc3)c1C)CC2. The summed E-state index contributed by atoms with van der Waals surface area (Å²) in [5.41, 5.74) is 2.91. The van der Waals surface area contributed by atoms with Crippen molar-refractivity contribution >= 4 is 21.8 Å². The molecule has 1 atom stereocenters. The van der Waals surface area contributed by atoms with E-state index in [0.717, 1.165) is 35.5 Å². The van der Waals surface area contributed by atoms with Crippen LogP contribution in [0.4, 0.5) is 0 Å². The Morgan fingerprint density at radius 3 is 2.40 bits per heavy atom. The smallest absolute Gasteiger partial charge is 0.246 e. The summed E-state index contributed by atoms with van der Waals surface area (Å²) in [6.45, 7) is 12.6. The molecule has 0 bridgehead atoms. The van der Waals surface area contributed by atoms with Crippen molar-refractivity contribution in [2.75, 3.05) is 32.8 Å². The normalized spacial score (nSPS) is 19.6. The van der Waals surface area contributed by atoms with Crippen molar-refractivity contribution < 1.29 is 23.1 Å². The molecule has 2 fully saturated rings. The van der Waals surface area contributed by atoms with Gasteiger partial charge in [-0.2, -0.15) is 5.10 Å². The van der Waals surface area contributed by atoms with Gasteiger partial charge in [0.15, 0.2) is 0 Å². The van der Waals surface area contributed by atoms with Crippen molar-refractivity contribution in [3.05, 3.63) is 41.2 Å². The Kier molecular flexibility index (Phi) is 10.1. The van der Waals surface area contributed by atoms with Crippen LogP contribution in [0, 0.1) is 19.8 Å². The van der Waals surface area contributed by atoms with Gasteiger partial charge in [0.25, 0.3) is 0 Å². The maximum absolute atomic E-state index is 13.6. The number of nitrogens with one attached hydrogen (secondary N) is 2. The molecule has 1 spiro atoms. The monoisotopic (exact) mass is 602 g/mol. The maximum atomic E-state index is 13.6. The summed E-state index contributed by atoms with van der Waals surface area (Å²) >= 11 is 0. The van der Waals surface area contributed by atoms with Gasteiger partial charge in [0, 0.05) is 44.0 Å². The Morgan fingerprint density at radius 1 is 1.14 bits per heavy atom. The van der Waals surface area contributed by atoms with Crippen molar-refractivity contribution in [2.24, 2.45) is 5.92 Å². The zero-order chi connectivity index (χ0) is 30.7. The van der Waals surface area contributed by atoms with Crippen LogP contribution in [-0.2, 0) is 26.2 Å². The molecule has 2 saturated heterocycles. The molecule has 42 heavy (non-hydrogen) atoms. The standard InChI is InChI=1S/C30H46N6O5S/c1-6-7-15-35-28(38)27(19-21(2)3)32-29(39)30(35)12-16-34(17-13-30)20-26-22(4)33-36(23(26)5)24-8-10-25(11-9-24)42(40,41)31-14-18-37/h8-11,21,27,31,37H,6-7,12-20H2,1-5H3,(H,32,39). The fourth-order valence-electron chi connectivity index (χ4n) is 6.13. The quantitative estimate of drug-likeness (QED) is 0.339. The lowest BCUT2D eigenvalue weighted by atomic mass is 9.80. The van der Waals surface area contributed by atoms with Crippen molar-refractivity contribution in [2.45, 2.75) is 89.7 Å². The van der Waals surface area contributed by atoms with Crippen LogP contribution >= 0.6 is 0 Å². The fourth-order valence-corrected chi connectivity index (χ4v) is 7.16. The number of nitrogens with zero attached hydrogens (tertiary/aromatic N) is 4. The van der Waals surface area contributed by atoms with Gasteiger partial charge in [-0.15, -0.1) is 0 Å². The summed E-state index contributed by atoms with van der Waals surface area (Å²) in [7, 11) is -3.69. The number of aliphatic hydroxyl groups is 1. The lowest BCUT2D eigenvalue weighted by Gasteiger charge is -2.52. The second-order valence-corrected chi connectivity index (χ2v) is 13.8. The summed E-state index contributed by atoms with van der Waals surface area (Å²) in [6, 6.07) is 6.05. The van der Waals surface area contributed by atoms with Crippen LogP contribution in [0.15, 0.2) is 29.2 Å². The topological polar surface area (TPSA) is 137 Å². The third kappa shape index (κ3) is 6.56. The number of piperazine rings is 1. The first-order chi connectivity index (χ1) is 19.9. The largest absolute Gasteiger partial charge is 0.395 e. The van der Waals surface area contributed by atoms with Gasteiger partial charge in [-0.3, -0.25) is 14.5 Å². The average Bonchev–Trinajstić information content (AvgIpc) is 3.24. The summed E-state index contributed by atoms with van der Waals surface area (Å²) in [4.78, 5) is 31.5. The first-order valence-corrected chi connectivity index (χ1v) is 16.5. The Hall–Kier alpha value is -2.80. The number of likely N-dealkylation sites (tertiary alicyclic amines) is 1. The number of amides is 2. The number of sulfonamides is 1. The van der Waals surface area contributed by atoms with Crippen molar-refractivity contribution in [1.82, 2.24) is 29.6 Å². The highest BCUT2D eigenvalue weighted by atomic mass is 32.2. The molecule has 3 heterocycles. The van der Waals surface area contributed by atoms with Crippen LogP contribution in [0.1, 0.15) is 69.8 Å². The molecule has 232 valence electrons. The first kappa shape index (κ1) is 32.1. The van der Waals surface area contributed by atoms with Gasteiger partial charge >= 0.3 is 0 Å². The lowest BCUT2D eigenvalue weighted by molar-refractivity contribution is -0.161. The minimum Gasteiger partial charge on any atom is -0.395 e. The van der Waals surface area contributed by atoms with E-state index < -0.39 is 21.6 Å². The number of carbonyl (C=O) groups excluding carboxylic acids is 2. The predicted octanol–water partition coefficient (Wildman–Crippen LogP) is 2.27. The first-order valence-electron chi connectivity index (χ1n) is 15.0. The predicted molar refractivity (Wildman–Crippen MR) is 161 cm³/mol. The molecule has 2 amide bonds. The molecule has 1 aromatic heterocycles. The second-order valence-electron chi connectivity index (χ2n) is 12.0. The summed E-state index contributed by atoms with van der Waals surface area (Å²) < 4.78 is 28.9. The molecular weight excluding hydrogens is 556 g/mol. The number of aliphatic hydroxyl groups excluding tert-OH is 1. The zero-order valence-corrected chi connectivity index (χ0v) is 26.3. The van der Waals surface area contributed by atoms with E-state index in [-0.39, 0.29) is 29.9 Å². The molecule has 2 aromatic rings. The number of piperidine rings is 1. The number of unbranched alkanes of at least 4 members (excludes halogenated alkanes) is 1. The lowest BCUT2D eigenvalue weighted by Crippen LogP contribution is -2.73. The molecule has 12 heteroatoms. The molecular formula is C30H46N6O5S. The summed E-state index contributed by atoms with van der Waals surface area (Å²) in [5, 5.41) is 16.8. The van der Waals surface area contributed by atoms with Crippen LogP contribution < -0.4 is 10.0 Å². The number of aromatic nitrogens is 2. The number of aryl methyl sites for hydroxylation is 1. The Bertz CT molecular complexity index is 1360. The van der Waals surface area contributed by atoms with E-state index in [1.54, 1.807) is 12.1 Å². The van der Waals surface area contributed by atoms with Crippen LogP contribution in [-0.4, -0.2) is 89.3 Å². The number of carbonyl (C=O) groups is 2. The number of benzene rings is 1. The molecule has 0 saturated carbocycles. The second kappa shape index (κ2) is 13.2.